The minimum Gasteiger partial charge on any atom is -0.481 e. The van der Waals surface area contributed by atoms with Crippen molar-refractivity contribution < 1.29 is 19.8 Å². The molecule has 0 aromatic rings. The Morgan fingerprint density at radius 3 is 2.00 bits per heavy atom. The lowest BCUT2D eigenvalue weighted by atomic mass is 9.79. The fraction of sp³-hybridized carbons (Fsp3) is 0.846. The number of rotatable bonds is 8. The van der Waals surface area contributed by atoms with Gasteiger partial charge in [-0.3, -0.25) is 9.59 Å². The van der Waals surface area contributed by atoms with Crippen LogP contribution < -0.4 is 5.32 Å². The summed E-state index contributed by atoms with van der Waals surface area (Å²) in [6.45, 7) is 7.20. The number of hydrogen-bond acceptors (Lipinski definition) is 3. The summed E-state index contributed by atoms with van der Waals surface area (Å²) in [5.74, 6) is -1.14. The number of carboxylic acids is 1. The third kappa shape index (κ3) is 4.29. The molecule has 3 N–H and O–H groups in total. The second-order valence-corrected chi connectivity index (χ2v) is 5.07. The molecule has 0 saturated carbocycles. The van der Waals surface area contributed by atoms with Crippen LogP contribution in [-0.4, -0.2) is 34.7 Å². The molecule has 0 bridgehead atoms. The van der Waals surface area contributed by atoms with Gasteiger partial charge in [0.2, 0.25) is 5.91 Å². The molecule has 0 saturated heterocycles. The van der Waals surface area contributed by atoms with Gasteiger partial charge < -0.3 is 15.5 Å². The van der Waals surface area contributed by atoms with Gasteiger partial charge in [-0.1, -0.05) is 27.7 Å². The summed E-state index contributed by atoms with van der Waals surface area (Å²) in [6, 6.07) is -0.322. The van der Waals surface area contributed by atoms with E-state index in [4.69, 9.17) is 5.11 Å². The van der Waals surface area contributed by atoms with Gasteiger partial charge in [0.25, 0.3) is 0 Å². The molecule has 0 spiro atoms. The Morgan fingerprint density at radius 2 is 1.72 bits per heavy atom. The van der Waals surface area contributed by atoms with Crippen LogP contribution in [0.4, 0.5) is 0 Å². The molecule has 0 aliphatic heterocycles. The van der Waals surface area contributed by atoms with Crippen LogP contribution in [0.3, 0.4) is 0 Å². The number of carboxylic acid groups (broad SMARTS) is 1. The van der Waals surface area contributed by atoms with Gasteiger partial charge in [0.1, 0.15) is 0 Å². The number of nitrogens with one attached hydrogen (secondary N) is 1. The first-order valence-corrected chi connectivity index (χ1v) is 6.46. The molecule has 0 rings (SSSR count). The van der Waals surface area contributed by atoms with Crippen LogP contribution in [-0.2, 0) is 9.59 Å². The van der Waals surface area contributed by atoms with Gasteiger partial charge in [-0.05, 0) is 18.8 Å². The SMILES string of the molecule is CCC(CC)(CC(=O)N[C@H](CO)C(C)C)C(=O)O. The Balaban J connectivity index is 4.67. The molecule has 5 nitrogen and oxygen atoms in total. The van der Waals surface area contributed by atoms with Crippen molar-refractivity contribution in [2.24, 2.45) is 11.3 Å². The summed E-state index contributed by atoms with van der Waals surface area (Å²) >= 11 is 0. The van der Waals surface area contributed by atoms with Crippen molar-refractivity contribution in [1.29, 1.82) is 0 Å². The summed E-state index contributed by atoms with van der Waals surface area (Å²) in [5, 5.41) is 21.1. The number of aliphatic hydroxyl groups is 1. The Hall–Kier alpha value is -1.10. The summed E-state index contributed by atoms with van der Waals surface area (Å²) in [6.07, 6.45) is 0.786. The van der Waals surface area contributed by atoms with Crippen LogP contribution in [0.15, 0.2) is 0 Å². The van der Waals surface area contributed by atoms with Crippen LogP contribution in [0.2, 0.25) is 0 Å². The summed E-state index contributed by atoms with van der Waals surface area (Å²) in [7, 11) is 0. The molecular weight excluding hydrogens is 234 g/mol. The molecule has 0 heterocycles. The van der Waals surface area contributed by atoms with Gasteiger partial charge in [0.15, 0.2) is 0 Å². The maximum absolute atomic E-state index is 11.9. The predicted molar refractivity (Wildman–Crippen MR) is 69.1 cm³/mol. The van der Waals surface area contributed by atoms with Crippen molar-refractivity contribution in [3.8, 4) is 0 Å². The first-order valence-electron chi connectivity index (χ1n) is 6.46. The normalized spacial score (nSPS) is 13.4. The van der Waals surface area contributed by atoms with E-state index in [0.717, 1.165) is 0 Å². The van der Waals surface area contributed by atoms with Crippen LogP contribution in [0, 0.1) is 11.3 Å². The number of amides is 1. The van der Waals surface area contributed by atoms with E-state index in [1.54, 1.807) is 13.8 Å². The van der Waals surface area contributed by atoms with Gasteiger partial charge >= 0.3 is 5.97 Å². The average Bonchev–Trinajstić information content (AvgIpc) is 2.32. The van der Waals surface area contributed by atoms with Crippen LogP contribution in [0.1, 0.15) is 47.0 Å². The van der Waals surface area contributed by atoms with E-state index in [0.29, 0.717) is 12.8 Å². The molecule has 0 aliphatic rings. The third-order valence-electron chi connectivity index (χ3n) is 3.65. The maximum Gasteiger partial charge on any atom is 0.310 e. The van der Waals surface area contributed by atoms with Crippen LogP contribution >= 0.6 is 0 Å². The van der Waals surface area contributed by atoms with E-state index >= 15 is 0 Å². The summed E-state index contributed by atoms with van der Waals surface area (Å²) in [4.78, 5) is 23.1. The van der Waals surface area contributed by atoms with Gasteiger partial charge in [-0.15, -0.1) is 0 Å². The molecule has 0 aromatic heterocycles. The zero-order valence-electron chi connectivity index (χ0n) is 11.7. The standard InChI is InChI=1S/C13H25NO4/c1-5-13(6-2,12(17)18)7-11(16)14-10(8-15)9(3)4/h9-10,15H,5-8H2,1-4H3,(H,14,16)(H,17,18)/t10-/m1/s1. The fourth-order valence-corrected chi connectivity index (χ4v) is 1.87. The second-order valence-electron chi connectivity index (χ2n) is 5.07. The first kappa shape index (κ1) is 16.9. The van der Waals surface area contributed by atoms with Crippen molar-refractivity contribution >= 4 is 11.9 Å². The number of carbonyl (C=O) groups is 2. The molecular formula is C13H25NO4. The van der Waals surface area contributed by atoms with Crippen molar-refractivity contribution in [3.05, 3.63) is 0 Å². The van der Waals surface area contributed by atoms with Crippen LogP contribution in [0.5, 0.6) is 0 Å². The lowest BCUT2D eigenvalue weighted by molar-refractivity contribution is -0.152. The highest BCUT2D eigenvalue weighted by Gasteiger charge is 2.37. The topological polar surface area (TPSA) is 86.6 Å². The zero-order valence-corrected chi connectivity index (χ0v) is 11.7. The summed E-state index contributed by atoms with van der Waals surface area (Å²) < 4.78 is 0. The molecule has 0 unspecified atom stereocenters. The highest BCUT2D eigenvalue weighted by molar-refractivity contribution is 5.85. The molecule has 18 heavy (non-hydrogen) atoms. The molecule has 5 heteroatoms. The van der Waals surface area contributed by atoms with Crippen molar-refractivity contribution in [2.45, 2.75) is 53.0 Å². The number of carbonyl (C=O) groups excluding carboxylic acids is 1. The van der Waals surface area contributed by atoms with E-state index in [1.165, 1.54) is 0 Å². The van der Waals surface area contributed by atoms with Gasteiger partial charge in [0, 0.05) is 6.42 Å². The van der Waals surface area contributed by atoms with Crippen molar-refractivity contribution in [1.82, 2.24) is 5.32 Å². The van der Waals surface area contributed by atoms with E-state index in [1.807, 2.05) is 13.8 Å². The second kappa shape index (κ2) is 7.36. The highest BCUT2D eigenvalue weighted by Crippen LogP contribution is 2.30. The Labute approximate surface area is 109 Å². The number of hydrogen-bond donors (Lipinski definition) is 3. The van der Waals surface area contributed by atoms with Gasteiger partial charge in [-0.2, -0.15) is 0 Å². The van der Waals surface area contributed by atoms with E-state index in [9.17, 15) is 14.7 Å². The quantitative estimate of drug-likeness (QED) is 0.615. The lowest BCUT2D eigenvalue weighted by Gasteiger charge is -2.28. The Kier molecular flexibility index (Phi) is 6.91. The van der Waals surface area contributed by atoms with Crippen LogP contribution in [0.25, 0.3) is 0 Å². The van der Waals surface area contributed by atoms with Crippen molar-refractivity contribution in [2.75, 3.05) is 6.61 Å². The Bertz CT molecular complexity index is 285. The molecule has 1 atom stereocenters. The van der Waals surface area contributed by atoms with E-state index in [-0.39, 0.29) is 30.9 Å². The van der Waals surface area contributed by atoms with Gasteiger partial charge in [-0.25, -0.2) is 0 Å². The summed E-state index contributed by atoms with van der Waals surface area (Å²) in [5.41, 5.74) is -0.999. The van der Waals surface area contributed by atoms with E-state index in [2.05, 4.69) is 5.32 Å². The molecule has 106 valence electrons. The predicted octanol–water partition coefficient (Wildman–Crippen LogP) is 1.40. The highest BCUT2D eigenvalue weighted by atomic mass is 16.4. The molecule has 0 aromatic carbocycles. The lowest BCUT2D eigenvalue weighted by Crippen LogP contribution is -2.44. The fourth-order valence-electron chi connectivity index (χ4n) is 1.87. The van der Waals surface area contributed by atoms with E-state index < -0.39 is 11.4 Å². The molecule has 1 amide bonds. The maximum atomic E-state index is 11.9. The number of aliphatic carboxylic acids is 1. The third-order valence-corrected chi connectivity index (χ3v) is 3.65. The molecule has 0 radical (unpaired) electrons. The minimum absolute atomic E-state index is 0.0431. The Morgan fingerprint density at radius 1 is 1.22 bits per heavy atom. The first-order chi connectivity index (χ1) is 8.32. The molecule has 0 aliphatic carbocycles. The van der Waals surface area contributed by atoms with Gasteiger partial charge in [0.05, 0.1) is 18.1 Å². The number of aliphatic hydroxyl groups excluding tert-OH is 1. The largest absolute Gasteiger partial charge is 0.481 e. The van der Waals surface area contributed by atoms with Crippen molar-refractivity contribution in [3.63, 3.8) is 0 Å². The monoisotopic (exact) mass is 259 g/mol. The molecule has 0 fully saturated rings. The smallest absolute Gasteiger partial charge is 0.310 e. The average molecular weight is 259 g/mol. The minimum atomic E-state index is -0.999. The zero-order chi connectivity index (χ0) is 14.3.